The van der Waals surface area contributed by atoms with Crippen molar-refractivity contribution in [2.75, 3.05) is 5.32 Å². The second kappa shape index (κ2) is 6.09. The number of anilines is 1. The number of carboxylic acid groups (broad SMARTS) is 1. The fraction of sp³-hybridized carbons (Fsp3) is 0. The van der Waals surface area contributed by atoms with Crippen LogP contribution in [0.3, 0.4) is 0 Å². The fourth-order valence-corrected chi connectivity index (χ4v) is 2.22. The first-order chi connectivity index (χ1) is 11.5. The Morgan fingerprint density at radius 1 is 1.25 bits per heavy atom. The number of aromatic carboxylic acids is 1. The van der Waals surface area contributed by atoms with Crippen molar-refractivity contribution in [2.24, 2.45) is 0 Å². The van der Waals surface area contributed by atoms with E-state index in [1.807, 2.05) is 0 Å². The van der Waals surface area contributed by atoms with Gasteiger partial charge in [0.05, 0.1) is 16.3 Å². The van der Waals surface area contributed by atoms with E-state index in [1.54, 1.807) is 0 Å². The first kappa shape index (κ1) is 15.6. The topological polar surface area (TPSA) is 125 Å². The molecule has 0 unspecified atom stereocenters. The summed E-state index contributed by atoms with van der Waals surface area (Å²) in [4.78, 5) is 45.5. The molecule has 3 rings (SSSR count). The molecular weight excluding hydrogens is 336 g/mol. The maximum absolute atomic E-state index is 12.3. The standard InChI is InChI=1S/C15H9ClN4O4/c16-10-2-1-7(15(23)24)4-11(10)19-13(21)9-3-8-5-17-6-18-12(8)20-14(9)22/h1-6H,(H,19,21)(H,23,24)(H,17,18,20,22). The zero-order valence-electron chi connectivity index (χ0n) is 11.9. The van der Waals surface area contributed by atoms with Crippen LogP contribution >= 0.6 is 11.6 Å². The minimum absolute atomic E-state index is 0.0458. The summed E-state index contributed by atoms with van der Waals surface area (Å²) in [6.45, 7) is 0. The lowest BCUT2D eigenvalue weighted by atomic mass is 10.1. The number of hydrogen-bond donors (Lipinski definition) is 3. The number of benzene rings is 1. The summed E-state index contributed by atoms with van der Waals surface area (Å²) in [7, 11) is 0. The number of nitrogens with one attached hydrogen (secondary N) is 2. The summed E-state index contributed by atoms with van der Waals surface area (Å²) < 4.78 is 0. The highest BCUT2D eigenvalue weighted by atomic mass is 35.5. The second-order valence-corrected chi connectivity index (χ2v) is 5.20. The highest BCUT2D eigenvalue weighted by Gasteiger charge is 2.15. The predicted octanol–water partition coefficient (Wildman–Crippen LogP) is 1.92. The highest BCUT2D eigenvalue weighted by molar-refractivity contribution is 6.34. The predicted molar refractivity (Wildman–Crippen MR) is 86.5 cm³/mol. The lowest BCUT2D eigenvalue weighted by molar-refractivity contribution is 0.0696. The van der Waals surface area contributed by atoms with Crippen LogP contribution in [0.2, 0.25) is 5.02 Å². The van der Waals surface area contributed by atoms with Gasteiger partial charge in [0.25, 0.3) is 11.5 Å². The first-order valence-electron chi connectivity index (χ1n) is 6.63. The number of rotatable bonds is 3. The van der Waals surface area contributed by atoms with E-state index in [1.165, 1.54) is 36.8 Å². The van der Waals surface area contributed by atoms with E-state index >= 15 is 0 Å². The average Bonchev–Trinajstić information content (AvgIpc) is 2.55. The molecule has 0 bridgehead atoms. The summed E-state index contributed by atoms with van der Waals surface area (Å²) >= 11 is 5.95. The quantitative estimate of drug-likeness (QED) is 0.666. The number of carboxylic acids is 1. The monoisotopic (exact) mass is 344 g/mol. The van der Waals surface area contributed by atoms with E-state index in [9.17, 15) is 14.4 Å². The lowest BCUT2D eigenvalue weighted by Crippen LogP contribution is -2.23. The van der Waals surface area contributed by atoms with Crippen molar-refractivity contribution < 1.29 is 14.7 Å². The van der Waals surface area contributed by atoms with Gasteiger partial charge in [0.2, 0.25) is 0 Å². The first-order valence-corrected chi connectivity index (χ1v) is 7.01. The average molecular weight is 345 g/mol. The molecule has 24 heavy (non-hydrogen) atoms. The Labute approximate surface area is 139 Å². The number of amides is 1. The molecule has 2 aromatic heterocycles. The number of halogens is 1. The van der Waals surface area contributed by atoms with Gasteiger partial charge in [0.15, 0.2) is 0 Å². The van der Waals surface area contributed by atoms with Gasteiger partial charge >= 0.3 is 5.97 Å². The molecule has 3 N–H and O–H groups in total. The third kappa shape index (κ3) is 2.95. The number of fused-ring (bicyclic) bond motifs is 1. The number of carbonyl (C=O) groups is 2. The van der Waals surface area contributed by atoms with Crippen molar-refractivity contribution in [1.82, 2.24) is 15.0 Å². The van der Waals surface area contributed by atoms with Crippen molar-refractivity contribution in [1.29, 1.82) is 0 Å². The van der Waals surface area contributed by atoms with E-state index in [-0.39, 0.29) is 21.8 Å². The molecule has 0 radical (unpaired) electrons. The number of hydrogen-bond acceptors (Lipinski definition) is 5. The molecule has 0 aliphatic heterocycles. The molecule has 0 aliphatic rings. The van der Waals surface area contributed by atoms with Crippen LogP contribution in [0, 0.1) is 0 Å². The number of H-pyrrole nitrogens is 1. The maximum Gasteiger partial charge on any atom is 0.335 e. The molecule has 9 heteroatoms. The van der Waals surface area contributed by atoms with E-state index in [2.05, 4.69) is 20.3 Å². The highest BCUT2D eigenvalue weighted by Crippen LogP contribution is 2.23. The molecule has 0 aliphatic carbocycles. The number of aromatic nitrogens is 3. The van der Waals surface area contributed by atoms with E-state index in [0.717, 1.165) is 0 Å². The number of carbonyl (C=O) groups excluding carboxylic acids is 1. The summed E-state index contributed by atoms with van der Waals surface area (Å²) in [6.07, 6.45) is 2.72. The summed E-state index contributed by atoms with van der Waals surface area (Å²) in [6, 6.07) is 5.21. The molecule has 0 saturated carbocycles. The zero-order valence-corrected chi connectivity index (χ0v) is 12.7. The van der Waals surface area contributed by atoms with E-state index in [4.69, 9.17) is 16.7 Å². The second-order valence-electron chi connectivity index (χ2n) is 4.79. The molecule has 3 aromatic rings. The molecule has 120 valence electrons. The van der Waals surface area contributed by atoms with Gasteiger partial charge in [-0.2, -0.15) is 0 Å². The third-order valence-electron chi connectivity index (χ3n) is 3.22. The Kier molecular flexibility index (Phi) is 3.97. The molecule has 1 amide bonds. The van der Waals surface area contributed by atoms with E-state index in [0.29, 0.717) is 11.0 Å². The molecule has 1 aromatic carbocycles. The van der Waals surface area contributed by atoms with Gasteiger partial charge in [0.1, 0.15) is 17.5 Å². The van der Waals surface area contributed by atoms with Crippen LogP contribution in [-0.2, 0) is 0 Å². The Morgan fingerprint density at radius 3 is 2.79 bits per heavy atom. The molecule has 0 atom stereocenters. The van der Waals surface area contributed by atoms with Crippen LogP contribution in [-0.4, -0.2) is 31.9 Å². The largest absolute Gasteiger partial charge is 0.478 e. The van der Waals surface area contributed by atoms with E-state index < -0.39 is 17.4 Å². The molecule has 8 nitrogen and oxygen atoms in total. The summed E-state index contributed by atoms with van der Waals surface area (Å²) in [5, 5.41) is 12.0. The third-order valence-corrected chi connectivity index (χ3v) is 3.55. The van der Waals surface area contributed by atoms with Gasteiger partial charge in [0, 0.05) is 11.6 Å². The van der Waals surface area contributed by atoms with Crippen molar-refractivity contribution in [2.45, 2.75) is 0 Å². The van der Waals surface area contributed by atoms with Crippen molar-refractivity contribution in [3.63, 3.8) is 0 Å². The Bertz CT molecular complexity index is 1030. The SMILES string of the molecule is O=C(O)c1ccc(Cl)c(NC(=O)c2cc3cncnc3[nH]c2=O)c1. The van der Waals surface area contributed by atoms with Gasteiger partial charge in [-0.15, -0.1) is 0 Å². The summed E-state index contributed by atoms with van der Waals surface area (Å²) in [5.41, 5.74) is -0.461. The molecule has 0 spiro atoms. The Morgan fingerprint density at radius 2 is 2.04 bits per heavy atom. The molecule has 2 heterocycles. The van der Waals surface area contributed by atoms with Gasteiger partial charge < -0.3 is 15.4 Å². The lowest BCUT2D eigenvalue weighted by Gasteiger charge is -2.08. The number of pyridine rings is 1. The van der Waals surface area contributed by atoms with Gasteiger partial charge in [-0.25, -0.2) is 14.8 Å². The minimum Gasteiger partial charge on any atom is -0.478 e. The van der Waals surface area contributed by atoms with Gasteiger partial charge in [-0.05, 0) is 24.3 Å². The minimum atomic E-state index is -1.16. The van der Waals surface area contributed by atoms with Crippen LogP contribution in [0.5, 0.6) is 0 Å². The van der Waals surface area contributed by atoms with Gasteiger partial charge in [-0.3, -0.25) is 9.59 Å². The smallest absolute Gasteiger partial charge is 0.335 e. The fourth-order valence-electron chi connectivity index (χ4n) is 2.06. The van der Waals surface area contributed by atoms with Crippen LogP contribution < -0.4 is 10.9 Å². The Balaban J connectivity index is 1.99. The maximum atomic E-state index is 12.3. The molecule has 0 fully saturated rings. The van der Waals surface area contributed by atoms with Crippen LogP contribution in [0.1, 0.15) is 20.7 Å². The molecular formula is C15H9ClN4O4. The van der Waals surface area contributed by atoms with Gasteiger partial charge in [-0.1, -0.05) is 11.6 Å². The van der Waals surface area contributed by atoms with Crippen LogP contribution in [0.25, 0.3) is 11.0 Å². The van der Waals surface area contributed by atoms with Crippen LogP contribution in [0.15, 0.2) is 41.6 Å². The Hall–Kier alpha value is -3.26. The summed E-state index contributed by atoms with van der Waals surface area (Å²) in [5.74, 6) is -1.89. The number of aromatic amines is 1. The molecule has 0 saturated heterocycles. The van der Waals surface area contributed by atoms with Crippen molar-refractivity contribution >= 4 is 40.2 Å². The zero-order chi connectivity index (χ0) is 17.3. The van der Waals surface area contributed by atoms with Crippen molar-refractivity contribution in [3.05, 3.63) is 63.3 Å². The number of nitrogens with zero attached hydrogens (tertiary/aromatic N) is 2. The normalized spacial score (nSPS) is 10.5. The van der Waals surface area contributed by atoms with Crippen LogP contribution in [0.4, 0.5) is 5.69 Å². The van der Waals surface area contributed by atoms with Crippen molar-refractivity contribution in [3.8, 4) is 0 Å².